The van der Waals surface area contributed by atoms with Crippen LogP contribution < -0.4 is 15.6 Å². The van der Waals surface area contributed by atoms with Crippen LogP contribution in [0.3, 0.4) is 0 Å². The van der Waals surface area contributed by atoms with E-state index in [4.69, 9.17) is 9.47 Å². The Balaban J connectivity index is 1.74. The first-order valence-corrected chi connectivity index (χ1v) is 8.11. The van der Waals surface area contributed by atoms with Crippen LogP contribution in [0.2, 0.25) is 0 Å². The third kappa shape index (κ3) is 5.84. The molecular weight excluding hydrogens is 320 g/mol. The molecule has 132 valence electrons. The maximum atomic E-state index is 12.0. The second-order valence-electron chi connectivity index (χ2n) is 5.45. The standard InChI is InChI=1S/C19H22N2O4/c1-3-24-17-11-9-16(10-12-17)18(22)20-21-19(23)25-13-14(2)15-7-5-4-6-8-15/h4-12,14H,3,13H2,1-2H3,(H,20,22)(H,21,23). The van der Waals surface area contributed by atoms with Crippen LogP contribution in [0.25, 0.3) is 0 Å². The molecule has 2 aromatic rings. The lowest BCUT2D eigenvalue weighted by atomic mass is 10.0. The molecule has 0 saturated carbocycles. The summed E-state index contributed by atoms with van der Waals surface area (Å²) in [5.41, 5.74) is 6.03. The Morgan fingerprint density at radius 3 is 2.32 bits per heavy atom. The molecule has 6 heteroatoms. The van der Waals surface area contributed by atoms with Crippen molar-refractivity contribution < 1.29 is 19.1 Å². The van der Waals surface area contributed by atoms with Crippen LogP contribution in [-0.4, -0.2) is 25.2 Å². The van der Waals surface area contributed by atoms with Crippen molar-refractivity contribution in [1.29, 1.82) is 0 Å². The molecule has 0 aliphatic heterocycles. The summed E-state index contributed by atoms with van der Waals surface area (Å²) in [5, 5.41) is 0. The van der Waals surface area contributed by atoms with Gasteiger partial charge in [-0.25, -0.2) is 10.2 Å². The lowest BCUT2D eigenvalue weighted by Crippen LogP contribution is -2.42. The number of hydrogen-bond acceptors (Lipinski definition) is 4. The van der Waals surface area contributed by atoms with Crippen molar-refractivity contribution in [3.63, 3.8) is 0 Å². The molecule has 2 aromatic carbocycles. The molecule has 6 nitrogen and oxygen atoms in total. The van der Waals surface area contributed by atoms with E-state index in [0.29, 0.717) is 17.9 Å². The minimum Gasteiger partial charge on any atom is -0.494 e. The number of nitrogens with one attached hydrogen (secondary N) is 2. The van der Waals surface area contributed by atoms with Gasteiger partial charge < -0.3 is 9.47 Å². The van der Waals surface area contributed by atoms with Gasteiger partial charge in [0.2, 0.25) is 0 Å². The number of ether oxygens (including phenoxy) is 2. The molecule has 0 radical (unpaired) electrons. The van der Waals surface area contributed by atoms with Gasteiger partial charge in [-0.15, -0.1) is 0 Å². The topological polar surface area (TPSA) is 76.7 Å². The maximum Gasteiger partial charge on any atom is 0.426 e. The lowest BCUT2D eigenvalue weighted by Gasteiger charge is -2.13. The monoisotopic (exact) mass is 342 g/mol. The van der Waals surface area contributed by atoms with Gasteiger partial charge in [-0.05, 0) is 36.8 Å². The number of rotatable bonds is 6. The molecule has 0 bridgehead atoms. The second-order valence-corrected chi connectivity index (χ2v) is 5.45. The van der Waals surface area contributed by atoms with Crippen LogP contribution in [0, 0.1) is 0 Å². The van der Waals surface area contributed by atoms with E-state index in [-0.39, 0.29) is 12.5 Å². The Labute approximate surface area is 147 Å². The highest BCUT2D eigenvalue weighted by Gasteiger charge is 2.11. The first-order valence-electron chi connectivity index (χ1n) is 8.11. The van der Waals surface area contributed by atoms with Crippen molar-refractivity contribution in [2.45, 2.75) is 19.8 Å². The molecule has 1 unspecified atom stereocenters. The summed E-state index contributed by atoms with van der Waals surface area (Å²) >= 11 is 0. The molecule has 0 aromatic heterocycles. The van der Waals surface area contributed by atoms with Crippen molar-refractivity contribution in [3.8, 4) is 5.75 Å². The van der Waals surface area contributed by atoms with E-state index >= 15 is 0 Å². The lowest BCUT2D eigenvalue weighted by molar-refractivity contribution is 0.0906. The third-order valence-electron chi connectivity index (χ3n) is 3.54. The summed E-state index contributed by atoms with van der Waals surface area (Å²) in [5.74, 6) is 0.311. The first kappa shape index (κ1) is 18.3. The zero-order valence-corrected chi connectivity index (χ0v) is 14.3. The normalized spacial score (nSPS) is 11.3. The van der Waals surface area contributed by atoms with Gasteiger partial charge in [-0.3, -0.25) is 10.2 Å². The summed E-state index contributed by atoms with van der Waals surface area (Å²) in [7, 11) is 0. The zero-order valence-electron chi connectivity index (χ0n) is 14.3. The molecule has 0 aliphatic rings. The van der Waals surface area contributed by atoms with Crippen molar-refractivity contribution in [2.24, 2.45) is 0 Å². The highest BCUT2D eigenvalue weighted by Crippen LogP contribution is 2.14. The maximum absolute atomic E-state index is 12.0. The SMILES string of the molecule is CCOc1ccc(C(=O)NNC(=O)OCC(C)c2ccccc2)cc1. The van der Waals surface area contributed by atoms with Gasteiger partial charge in [-0.1, -0.05) is 37.3 Å². The fourth-order valence-electron chi connectivity index (χ4n) is 2.16. The fourth-order valence-corrected chi connectivity index (χ4v) is 2.16. The number of benzene rings is 2. The Morgan fingerprint density at radius 1 is 1.00 bits per heavy atom. The number of carbonyl (C=O) groups is 2. The Hall–Kier alpha value is -3.02. The quantitative estimate of drug-likeness (QED) is 0.790. The van der Waals surface area contributed by atoms with Crippen LogP contribution in [0.15, 0.2) is 54.6 Å². The molecule has 25 heavy (non-hydrogen) atoms. The highest BCUT2D eigenvalue weighted by molar-refractivity contribution is 5.95. The number of hydrazine groups is 1. The molecule has 1 atom stereocenters. The third-order valence-corrected chi connectivity index (χ3v) is 3.54. The number of hydrogen-bond donors (Lipinski definition) is 2. The van der Waals surface area contributed by atoms with Crippen molar-refractivity contribution in [2.75, 3.05) is 13.2 Å². The largest absolute Gasteiger partial charge is 0.494 e. The fraction of sp³-hybridized carbons (Fsp3) is 0.263. The van der Waals surface area contributed by atoms with Crippen molar-refractivity contribution in [1.82, 2.24) is 10.9 Å². The summed E-state index contributed by atoms with van der Waals surface area (Å²) in [6.45, 7) is 4.62. The van der Waals surface area contributed by atoms with Crippen LogP contribution in [0.4, 0.5) is 4.79 Å². The summed E-state index contributed by atoms with van der Waals surface area (Å²) in [4.78, 5) is 23.6. The molecule has 2 N–H and O–H groups in total. The van der Waals surface area contributed by atoms with Gasteiger partial charge in [0.15, 0.2) is 0 Å². The van der Waals surface area contributed by atoms with E-state index < -0.39 is 12.0 Å². The van der Waals surface area contributed by atoms with Gasteiger partial charge in [0.1, 0.15) is 5.75 Å². The molecular formula is C19H22N2O4. The molecule has 0 heterocycles. The van der Waals surface area contributed by atoms with E-state index in [9.17, 15) is 9.59 Å². The van der Waals surface area contributed by atoms with Gasteiger partial charge in [0.05, 0.1) is 13.2 Å². The number of amides is 2. The Morgan fingerprint density at radius 2 is 1.68 bits per heavy atom. The van der Waals surface area contributed by atoms with Crippen molar-refractivity contribution in [3.05, 3.63) is 65.7 Å². The smallest absolute Gasteiger partial charge is 0.426 e. The molecule has 0 fully saturated rings. The van der Waals surface area contributed by atoms with Crippen LogP contribution >= 0.6 is 0 Å². The van der Waals surface area contributed by atoms with E-state index in [1.54, 1.807) is 24.3 Å². The average molecular weight is 342 g/mol. The second kappa shape index (κ2) is 9.32. The Bertz CT molecular complexity index is 686. The van der Waals surface area contributed by atoms with E-state index in [1.165, 1.54) is 0 Å². The summed E-state index contributed by atoms with van der Waals surface area (Å²) < 4.78 is 10.4. The van der Waals surface area contributed by atoms with E-state index in [2.05, 4.69) is 10.9 Å². The molecule has 0 spiro atoms. The average Bonchev–Trinajstić information content (AvgIpc) is 2.65. The predicted molar refractivity (Wildman–Crippen MR) is 94.4 cm³/mol. The van der Waals surface area contributed by atoms with Gasteiger partial charge in [0, 0.05) is 11.5 Å². The van der Waals surface area contributed by atoms with Gasteiger partial charge >= 0.3 is 6.09 Å². The number of carbonyl (C=O) groups excluding carboxylic acids is 2. The van der Waals surface area contributed by atoms with Gasteiger partial charge in [0.25, 0.3) is 5.91 Å². The van der Waals surface area contributed by atoms with Crippen LogP contribution in [-0.2, 0) is 4.74 Å². The predicted octanol–water partition coefficient (Wildman–Crippen LogP) is 3.26. The van der Waals surface area contributed by atoms with Crippen molar-refractivity contribution >= 4 is 12.0 Å². The molecule has 2 amide bonds. The van der Waals surface area contributed by atoms with Crippen LogP contribution in [0.5, 0.6) is 5.75 Å². The highest BCUT2D eigenvalue weighted by atomic mass is 16.6. The minimum atomic E-state index is -0.706. The van der Waals surface area contributed by atoms with E-state index in [0.717, 1.165) is 5.56 Å². The first-order chi connectivity index (χ1) is 12.1. The molecule has 0 aliphatic carbocycles. The van der Waals surface area contributed by atoms with Gasteiger partial charge in [-0.2, -0.15) is 0 Å². The van der Waals surface area contributed by atoms with E-state index in [1.807, 2.05) is 44.2 Å². The summed E-state index contributed by atoms with van der Waals surface area (Å²) in [6.07, 6.45) is -0.706. The minimum absolute atomic E-state index is 0.0637. The molecule has 0 saturated heterocycles. The van der Waals surface area contributed by atoms with Crippen LogP contribution in [0.1, 0.15) is 35.7 Å². The summed E-state index contributed by atoms with van der Waals surface area (Å²) in [6, 6.07) is 16.4. The zero-order chi connectivity index (χ0) is 18.1. The Kier molecular flexibility index (Phi) is 6.83. The molecule has 2 rings (SSSR count).